The highest BCUT2D eigenvalue weighted by Gasteiger charge is 2.24. The number of halogens is 2. The van der Waals surface area contributed by atoms with Crippen LogP contribution in [0.15, 0.2) is 36.7 Å². The molecular weight excluding hydrogens is 280 g/mol. The van der Waals surface area contributed by atoms with Crippen LogP contribution in [-0.4, -0.2) is 21.9 Å². The van der Waals surface area contributed by atoms with Gasteiger partial charge in [-0.15, -0.1) is 0 Å². The lowest BCUT2D eigenvalue weighted by atomic mass is 9.95. The summed E-state index contributed by atoms with van der Waals surface area (Å²) in [7, 11) is 1.65. The van der Waals surface area contributed by atoms with Crippen molar-refractivity contribution in [1.29, 1.82) is 5.26 Å². The van der Waals surface area contributed by atoms with E-state index in [1.165, 1.54) is 35.0 Å². The SMILES string of the molecule is Cn1ccnc1C(=O)C(C#N)c1ccc(OC(F)F)cc1. The number of alkyl halides is 2. The van der Waals surface area contributed by atoms with Crippen LogP contribution in [0.1, 0.15) is 22.1 Å². The van der Waals surface area contributed by atoms with Crippen LogP contribution >= 0.6 is 0 Å². The first-order valence-corrected chi connectivity index (χ1v) is 5.99. The molecule has 0 bridgehead atoms. The van der Waals surface area contributed by atoms with Crippen LogP contribution in [0.25, 0.3) is 0 Å². The van der Waals surface area contributed by atoms with Crippen LogP contribution in [0.3, 0.4) is 0 Å². The molecule has 1 atom stereocenters. The molecule has 0 aliphatic carbocycles. The van der Waals surface area contributed by atoms with Crippen molar-refractivity contribution in [3.8, 4) is 11.8 Å². The largest absolute Gasteiger partial charge is 0.435 e. The monoisotopic (exact) mass is 291 g/mol. The van der Waals surface area contributed by atoms with Gasteiger partial charge in [-0.1, -0.05) is 12.1 Å². The minimum absolute atomic E-state index is 0.0325. The highest BCUT2D eigenvalue weighted by Crippen LogP contribution is 2.23. The number of rotatable bonds is 5. The van der Waals surface area contributed by atoms with Crippen LogP contribution in [-0.2, 0) is 7.05 Å². The quantitative estimate of drug-likeness (QED) is 0.794. The number of carbonyl (C=O) groups excluding carboxylic acids is 1. The van der Waals surface area contributed by atoms with E-state index >= 15 is 0 Å². The predicted octanol–water partition coefficient (Wildman–Crippen LogP) is 2.51. The Hall–Kier alpha value is -2.75. The zero-order valence-corrected chi connectivity index (χ0v) is 11.0. The van der Waals surface area contributed by atoms with E-state index in [1.807, 2.05) is 6.07 Å². The normalized spacial score (nSPS) is 12.0. The molecule has 108 valence electrons. The van der Waals surface area contributed by atoms with Gasteiger partial charge in [-0.3, -0.25) is 4.79 Å². The molecule has 7 heteroatoms. The Labute approximate surface area is 119 Å². The van der Waals surface area contributed by atoms with Gasteiger partial charge in [0, 0.05) is 19.4 Å². The average molecular weight is 291 g/mol. The first kappa shape index (κ1) is 14.7. The lowest BCUT2D eigenvalue weighted by molar-refractivity contribution is -0.0498. The fourth-order valence-corrected chi connectivity index (χ4v) is 1.86. The van der Waals surface area contributed by atoms with Crippen LogP contribution in [0.4, 0.5) is 8.78 Å². The number of aromatic nitrogens is 2. The number of hydrogen-bond donors (Lipinski definition) is 0. The second-order valence-corrected chi connectivity index (χ2v) is 4.24. The molecule has 1 aromatic heterocycles. The Kier molecular flexibility index (Phi) is 4.28. The molecule has 5 nitrogen and oxygen atoms in total. The van der Waals surface area contributed by atoms with E-state index in [4.69, 9.17) is 0 Å². The van der Waals surface area contributed by atoms with Crippen molar-refractivity contribution < 1.29 is 18.3 Å². The van der Waals surface area contributed by atoms with Crippen LogP contribution in [0.5, 0.6) is 5.75 Å². The van der Waals surface area contributed by atoms with E-state index in [9.17, 15) is 18.8 Å². The summed E-state index contributed by atoms with van der Waals surface area (Å²) in [5.41, 5.74) is 0.395. The van der Waals surface area contributed by atoms with Crippen LogP contribution in [0.2, 0.25) is 0 Å². The summed E-state index contributed by atoms with van der Waals surface area (Å²) in [4.78, 5) is 16.2. The first-order chi connectivity index (χ1) is 10.0. The van der Waals surface area contributed by atoms with Crippen molar-refractivity contribution in [3.63, 3.8) is 0 Å². The van der Waals surface area contributed by atoms with E-state index in [2.05, 4.69) is 9.72 Å². The number of carbonyl (C=O) groups is 1. The third kappa shape index (κ3) is 3.23. The Morgan fingerprint density at radius 3 is 2.52 bits per heavy atom. The van der Waals surface area contributed by atoms with Crippen molar-refractivity contribution in [2.24, 2.45) is 7.05 Å². The maximum absolute atomic E-state index is 12.3. The molecule has 0 saturated heterocycles. The molecular formula is C14H11F2N3O2. The topological polar surface area (TPSA) is 67.9 Å². The number of ether oxygens (including phenoxy) is 1. The maximum Gasteiger partial charge on any atom is 0.387 e. The number of benzene rings is 1. The van der Waals surface area contributed by atoms with Gasteiger partial charge in [0.15, 0.2) is 5.82 Å². The highest BCUT2D eigenvalue weighted by molar-refractivity contribution is 6.00. The van der Waals surface area contributed by atoms with Crippen LogP contribution in [0, 0.1) is 11.3 Å². The minimum atomic E-state index is -2.92. The van der Waals surface area contributed by atoms with Gasteiger partial charge in [0.1, 0.15) is 11.7 Å². The summed E-state index contributed by atoms with van der Waals surface area (Å²) < 4.78 is 29.9. The molecule has 0 N–H and O–H groups in total. The number of nitriles is 1. The second-order valence-electron chi connectivity index (χ2n) is 4.24. The van der Waals surface area contributed by atoms with Crippen molar-refractivity contribution in [1.82, 2.24) is 9.55 Å². The molecule has 0 amide bonds. The molecule has 1 aromatic carbocycles. The summed E-state index contributed by atoms with van der Waals surface area (Å²) in [5.74, 6) is -1.37. The lowest BCUT2D eigenvalue weighted by Gasteiger charge is -2.10. The van der Waals surface area contributed by atoms with Crippen LogP contribution < -0.4 is 4.74 Å². The summed E-state index contributed by atoms with van der Waals surface area (Å²) >= 11 is 0. The molecule has 0 aliphatic rings. The molecule has 21 heavy (non-hydrogen) atoms. The smallest absolute Gasteiger partial charge is 0.387 e. The molecule has 2 rings (SSSR count). The zero-order valence-electron chi connectivity index (χ0n) is 11.0. The average Bonchev–Trinajstić information content (AvgIpc) is 2.87. The molecule has 0 spiro atoms. The lowest BCUT2D eigenvalue weighted by Crippen LogP contribution is -2.15. The minimum Gasteiger partial charge on any atom is -0.435 e. The molecule has 1 unspecified atom stereocenters. The van der Waals surface area contributed by atoms with Gasteiger partial charge >= 0.3 is 6.61 Å². The number of ketones is 1. The third-order valence-corrected chi connectivity index (χ3v) is 2.87. The van der Waals surface area contributed by atoms with Gasteiger partial charge in [0.2, 0.25) is 5.78 Å². The number of aryl methyl sites for hydroxylation is 1. The number of hydrogen-bond acceptors (Lipinski definition) is 4. The van der Waals surface area contributed by atoms with Gasteiger partial charge < -0.3 is 9.30 Å². The van der Waals surface area contributed by atoms with E-state index in [0.717, 1.165) is 0 Å². The van der Waals surface area contributed by atoms with E-state index in [1.54, 1.807) is 13.2 Å². The summed E-state index contributed by atoms with van der Waals surface area (Å²) in [6.45, 7) is -2.92. The van der Waals surface area contributed by atoms with Crippen molar-refractivity contribution in [2.45, 2.75) is 12.5 Å². The zero-order chi connectivity index (χ0) is 15.4. The van der Waals surface area contributed by atoms with Crippen molar-refractivity contribution in [2.75, 3.05) is 0 Å². The maximum atomic E-state index is 12.3. The Bertz CT molecular complexity index is 674. The molecule has 0 aliphatic heterocycles. The molecule has 0 radical (unpaired) electrons. The second kappa shape index (κ2) is 6.13. The van der Waals surface area contributed by atoms with Crippen molar-refractivity contribution in [3.05, 3.63) is 48.0 Å². The molecule has 0 fully saturated rings. The standard InChI is InChI=1S/C14H11F2N3O2/c1-19-7-6-18-13(19)12(20)11(8-17)9-2-4-10(5-3-9)21-14(15)16/h2-7,11,14H,1H3. The number of imidazole rings is 1. The third-order valence-electron chi connectivity index (χ3n) is 2.87. The number of Topliss-reactive ketones (excluding diaryl/α,β-unsaturated/α-hetero) is 1. The first-order valence-electron chi connectivity index (χ1n) is 5.99. The Morgan fingerprint density at radius 1 is 1.38 bits per heavy atom. The number of nitrogens with zero attached hydrogens (tertiary/aromatic N) is 3. The van der Waals surface area contributed by atoms with Gasteiger partial charge in [0.25, 0.3) is 0 Å². The fraction of sp³-hybridized carbons (Fsp3) is 0.214. The molecule has 2 aromatic rings. The van der Waals surface area contributed by atoms with Gasteiger partial charge in [-0.05, 0) is 17.7 Å². The fourth-order valence-electron chi connectivity index (χ4n) is 1.86. The van der Waals surface area contributed by atoms with Gasteiger partial charge in [-0.25, -0.2) is 4.98 Å². The van der Waals surface area contributed by atoms with E-state index in [-0.39, 0.29) is 11.6 Å². The van der Waals surface area contributed by atoms with Gasteiger partial charge in [-0.2, -0.15) is 14.0 Å². The molecule has 1 heterocycles. The van der Waals surface area contributed by atoms with E-state index in [0.29, 0.717) is 5.56 Å². The van der Waals surface area contributed by atoms with Crippen molar-refractivity contribution >= 4 is 5.78 Å². The molecule has 0 saturated carbocycles. The summed E-state index contributed by atoms with van der Waals surface area (Å²) in [6, 6.07) is 7.30. The van der Waals surface area contributed by atoms with Gasteiger partial charge in [0.05, 0.1) is 6.07 Å². The van der Waals surface area contributed by atoms with E-state index < -0.39 is 18.3 Å². The Balaban J connectivity index is 2.24. The highest BCUT2D eigenvalue weighted by atomic mass is 19.3. The summed E-state index contributed by atoms with van der Waals surface area (Å²) in [6.07, 6.45) is 3.06. The predicted molar refractivity (Wildman–Crippen MR) is 69.0 cm³/mol. The Morgan fingerprint density at radius 2 is 2.05 bits per heavy atom. The summed E-state index contributed by atoms with van der Waals surface area (Å²) in [5, 5.41) is 9.20.